The first-order valence-electron chi connectivity index (χ1n) is 5.09. The van der Waals surface area contributed by atoms with Gasteiger partial charge >= 0.3 is 0 Å². The van der Waals surface area contributed by atoms with Gasteiger partial charge in [-0.1, -0.05) is 22.9 Å². The Bertz CT molecular complexity index is 111. The Balaban J connectivity index is 3.21. The lowest BCUT2D eigenvalue weighted by Crippen LogP contribution is -2.33. The van der Waals surface area contributed by atoms with E-state index in [1.807, 2.05) is 6.92 Å². The van der Waals surface area contributed by atoms with Gasteiger partial charge in [-0.25, -0.2) is 0 Å². The van der Waals surface area contributed by atoms with Crippen LogP contribution in [0.4, 0.5) is 0 Å². The maximum absolute atomic E-state index is 5.25. The first-order valence-corrected chi connectivity index (χ1v) is 6.21. The first-order chi connectivity index (χ1) is 6.22. The van der Waals surface area contributed by atoms with Crippen molar-refractivity contribution >= 4 is 15.9 Å². The molecule has 0 radical (unpaired) electrons. The predicted molar refractivity (Wildman–Crippen MR) is 61.5 cm³/mol. The molecule has 0 aliphatic heterocycles. The quantitative estimate of drug-likeness (QED) is 0.529. The summed E-state index contributed by atoms with van der Waals surface area (Å²) >= 11 is 3.48. The molecule has 0 saturated carbocycles. The zero-order valence-corrected chi connectivity index (χ0v) is 10.6. The zero-order valence-electron chi connectivity index (χ0n) is 8.98. The van der Waals surface area contributed by atoms with Crippen LogP contribution < -0.4 is 5.32 Å². The molecule has 0 aromatic carbocycles. The van der Waals surface area contributed by atoms with Crippen LogP contribution in [0.3, 0.4) is 0 Å². The van der Waals surface area contributed by atoms with Crippen LogP contribution in [0.15, 0.2) is 0 Å². The fourth-order valence-corrected chi connectivity index (χ4v) is 1.54. The molecule has 2 nitrogen and oxygen atoms in total. The van der Waals surface area contributed by atoms with Crippen molar-refractivity contribution in [3.63, 3.8) is 0 Å². The van der Waals surface area contributed by atoms with E-state index in [2.05, 4.69) is 35.1 Å². The van der Waals surface area contributed by atoms with E-state index in [1.54, 1.807) is 0 Å². The number of rotatable bonds is 8. The average Bonchev–Trinajstić information content (AvgIpc) is 2.16. The minimum absolute atomic E-state index is 0.584. The van der Waals surface area contributed by atoms with Crippen molar-refractivity contribution in [3.05, 3.63) is 0 Å². The molecule has 0 rings (SSSR count). The monoisotopic (exact) mass is 251 g/mol. The normalized spacial score (nSPS) is 15.7. The summed E-state index contributed by atoms with van der Waals surface area (Å²) in [5.41, 5.74) is 0. The van der Waals surface area contributed by atoms with E-state index < -0.39 is 0 Å². The Labute approximate surface area is 90.6 Å². The topological polar surface area (TPSA) is 21.3 Å². The third-order valence-electron chi connectivity index (χ3n) is 2.23. The molecule has 0 amide bonds. The molecule has 1 N–H and O–H groups in total. The van der Waals surface area contributed by atoms with E-state index in [-0.39, 0.29) is 0 Å². The lowest BCUT2D eigenvalue weighted by atomic mass is 10.1. The van der Waals surface area contributed by atoms with Gasteiger partial charge in [-0.2, -0.15) is 0 Å². The second-order valence-corrected chi connectivity index (χ2v) is 4.07. The van der Waals surface area contributed by atoms with Gasteiger partial charge < -0.3 is 10.1 Å². The molecule has 0 aliphatic carbocycles. The molecule has 2 unspecified atom stereocenters. The molecule has 0 aromatic heterocycles. The Morgan fingerprint density at radius 1 is 1.38 bits per heavy atom. The van der Waals surface area contributed by atoms with Crippen molar-refractivity contribution < 1.29 is 4.74 Å². The van der Waals surface area contributed by atoms with E-state index >= 15 is 0 Å². The molecule has 80 valence electrons. The maximum Gasteiger partial charge on any atom is 0.0477 e. The number of nitrogens with one attached hydrogen (secondary N) is 1. The summed E-state index contributed by atoms with van der Waals surface area (Å²) in [6.45, 7) is 9.26. The summed E-state index contributed by atoms with van der Waals surface area (Å²) in [6.07, 6.45) is 1.10. The lowest BCUT2D eigenvalue weighted by Gasteiger charge is -2.19. The van der Waals surface area contributed by atoms with Crippen LogP contribution in [-0.2, 0) is 4.74 Å². The van der Waals surface area contributed by atoms with Crippen LogP contribution in [0.5, 0.6) is 0 Å². The molecule has 2 atom stereocenters. The first kappa shape index (κ1) is 13.4. The number of ether oxygens (including phenoxy) is 1. The maximum atomic E-state index is 5.25. The predicted octanol–water partition coefficient (Wildman–Crippen LogP) is 2.42. The summed E-state index contributed by atoms with van der Waals surface area (Å²) in [7, 11) is 0. The van der Waals surface area contributed by atoms with Gasteiger partial charge in [0.25, 0.3) is 0 Å². The van der Waals surface area contributed by atoms with Gasteiger partial charge in [0, 0.05) is 24.6 Å². The van der Waals surface area contributed by atoms with Crippen molar-refractivity contribution in [2.24, 2.45) is 5.92 Å². The molecular formula is C10H22BrNO. The average molecular weight is 252 g/mol. The molecule has 0 aliphatic rings. The summed E-state index contributed by atoms with van der Waals surface area (Å²) < 4.78 is 5.25. The molecule has 0 bridgehead atoms. The molecule has 0 aromatic rings. The molecule has 0 saturated heterocycles. The Morgan fingerprint density at radius 3 is 2.62 bits per heavy atom. The van der Waals surface area contributed by atoms with Crippen molar-refractivity contribution in [2.45, 2.75) is 33.2 Å². The molecule has 0 fully saturated rings. The Hall–Kier alpha value is 0.400. The smallest absolute Gasteiger partial charge is 0.0477 e. The van der Waals surface area contributed by atoms with E-state index in [0.717, 1.165) is 31.5 Å². The second-order valence-electron chi connectivity index (χ2n) is 3.42. The third kappa shape index (κ3) is 7.47. The zero-order chi connectivity index (χ0) is 10.1. The molecule has 0 heterocycles. The summed E-state index contributed by atoms with van der Waals surface area (Å²) in [5.74, 6) is 0.687. The highest BCUT2D eigenvalue weighted by molar-refractivity contribution is 9.09. The fraction of sp³-hybridized carbons (Fsp3) is 1.00. The van der Waals surface area contributed by atoms with Gasteiger partial charge in [-0.15, -0.1) is 0 Å². The second kappa shape index (κ2) is 8.97. The van der Waals surface area contributed by atoms with E-state index in [4.69, 9.17) is 4.74 Å². The van der Waals surface area contributed by atoms with Gasteiger partial charge in [0.2, 0.25) is 0 Å². The van der Waals surface area contributed by atoms with Crippen LogP contribution in [0.1, 0.15) is 27.2 Å². The number of hydrogen-bond acceptors (Lipinski definition) is 2. The van der Waals surface area contributed by atoms with E-state index in [1.165, 1.54) is 0 Å². The SMILES string of the molecule is CCOCCCNC(C)C(C)CBr. The van der Waals surface area contributed by atoms with Crippen molar-refractivity contribution in [3.8, 4) is 0 Å². The Kier molecular flexibility index (Phi) is 9.25. The van der Waals surface area contributed by atoms with Gasteiger partial charge in [-0.05, 0) is 32.7 Å². The van der Waals surface area contributed by atoms with Crippen LogP contribution in [0.2, 0.25) is 0 Å². The number of hydrogen-bond donors (Lipinski definition) is 1. The van der Waals surface area contributed by atoms with Gasteiger partial charge in [0.1, 0.15) is 0 Å². The molecular weight excluding hydrogens is 230 g/mol. The van der Waals surface area contributed by atoms with Crippen LogP contribution in [0, 0.1) is 5.92 Å². The summed E-state index contributed by atoms with van der Waals surface area (Å²) in [6, 6.07) is 0.584. The van der Waals surface area contributed by atoms with Gasteiger partial charge in [0.05, 0.1) is 0 Å². The highest BCUT2D eigenvalue weighted by atomic mass is 79.9. The molecule has 0 spiro atoms. The Morgan fingerprint density at radius 2 is 2.08 bits per heavy atom. The van der Waals surface area contributed by atoms with Crippen LogP contribution in [0.25, 0.3) is 0 Å². The summed E-state index contributed by atoms with van der Waals surface area (Å²) in [5, 5.41) is 4.54. The van der Waals surface area contributed by atoms with E-state index in [0.29, 0.717) is 12.0 Å². The van der Waals surface area contributed by atoms with Crippen molar-refractivity contribution in [2.75, 3.05) is 25.1 Å². The standard InChI is InChI=1S/C10H22BrNO/c1-4-13-7-5-6-12-10(3)9(2)8-11/h9-10,12H,4-8H2,1-3H3. The molecule has 13 heavy (non-hydrogen) atoms. The largest absolute Gasteiger partial charge is 0.382 e. The highest BCUT2D eigenvalue weighted by Crippen LogP contribution is 2.05. The molecule has 3 heteroatoms. The van der Waals surface area contributed by atoms with E-state index in [9.17, 15) is 0 Å². The van der Waals surface area contributed by atoms with Gasteiger partial charge in [0.15, 0.2) is 0 Å². The van der Waals surface area contributed by atoms with Crippen LogP contribution >= 0.6 is 15.9 Å². The number of halogens is 1. The van der Waals surface area contributed by atoms with Crippen molar-refractivity contribution in [1.82, 2.24) is 5.32 Å². The van der Waals surface area contributed by atoms with Gasteiger partial charge in [-0.3, -0.25) is 0 Å². The highest BCUT2D eigenvalue weighted by Gasteiger charge is 2.08. The van der Waals surface area contributed by atoms with Crippen LogP contribution in [-0.4, -0.2) is 31.1 Å². The minimum Gasteiger partial charge on any atom is -0.382 e. The summed E-state index contributed by atoms with van der Waals surface area (Å²) in [4.78, 5) is 0. The minimum atomic E-state index is 0.584. The van der Waals surface area contributed by atoms with Crippen molar-refractivity contribution in [1.29, 1.82) is 0 Å². The lowest BCUT2D eigenvalue weighted by molar-refractivity contribution is 0.143. The number of alkyl halides is 1. The third-order valence-corrected chi connectivity index (χ3v) is 3.25. The fourth-order valence-electron chi connectivity index (χ4n) is 0.983.